The number of aromatic nitrogens is 6. The Hall–Kier alpha value is -4.68. The minimum absolute atomic E-state index is 0.0728. The average molecular weight is 484 g/mol. The Morgan fingerprint density at radius 2 is 1.92 bits per heavy atom. The molecule has 4 N–H and O–H groups in total. The summed E-state index contributed by atoms with van der Waals surface area (Å²) >= 11 is 0. The zero-order valence-electron chi connectivity index (χ0n) is 18.8. The Balaban J connectivity index is 1.32. The highest BCUT2D eigenvalue weighted by Gasteiger charge is 2.38. The largest absolute Gasteiger partial charge is 0.383 e. The van der Waals surface area contributed by atoms with Gasteiger partial charge in [0, 0.05) is 41.6 Å². The number of pyridine rings is 2. The van der Waals surface area contributed by atoms with Crippen molar-refractivity contribution in [2.75, 3.05) is 23.8 Å². The van der Waals surface area contributed by atoms with Crippen molar-refractivity contribution in [3.8, 4) is 5.69 Å². The number of amides is 1. The number of aromatic amines is 1. The summed E-state index contributed by atoms with van der Waals surface area (Å²) in [5.41, 5.74) is 6.60. The lowest BCUT2D eigenvalue weighted by Crippen LogP contribution is -2.50. The Morgan fingerprint density at radius 1 is 1.08 bits per heavy atom. The quantitative estimate of drug-likeness (QED) is 0.317. The van der Waals surface area contributed by atoms with Crippen molar-refractivity contribution in [1.29, 1.82) is 0 Å². The fraction of sp³-hybridized carbons (Fsp3) is 0.167. The number of carbonyl (C=O) groups is 1. The van der Waals surface area contributed by atoms with Crippen LogP contribution in [0.4, 0.5) is 11.6 Å². The van der Waals surface area contributed by atoms with Gasteiger partial charge in [-0.25, -0.2) is 9.67 Å². The summed E-state index contributed by atoms with van der Waals surface area (Å²) in [4.78, 5) is 42.7. The van der Waals surface area contributed by atoms with Gasteiger partial charge in [0.15, 0.2) is 11.9 Å². The molecule has 12 heteroatoms. The van der Waals surface area contributed by atoms with Crippen molar-refractivity contribution < 1.29 is 14.6 Å². The summed E-state index contributed by atoms with van der Waals surface area (Å²) < 4.78 is 7.24. The minimum Gasteiger partial charge on any atom is -0.383 e. The lowest BCUT2D eigenvalue weighted by atomic mass is 10.1. The maximum atomic E-state index is 13.3. The van der Waals surface area contributed by atoms with Crippen LogP contribution in [0.3, 0.4) is 0 Å². The molecule has 1 saturated heterocycles. The standard InChI is InChI=1S/C24H20N8O4/c25-21-15-1-2-16-18(14(15)5-9-27-21)23(34)29-22(28-16)19(33)20-24(35)31(11-12-36-20)17-6-10-32(30-17)13-3-7-26-8-4-13/h1-10,19-20,33H,11-12H2,(H2,25,27)(H,28,29,34)/t19?,20-/m1/s1. The Kier molecular flexibility index (Phi) is 5.16. The molecule has 0 spiro atoms. The minimum atomic E-state index is -1.50. The third kappa shape index (κ3) is 3.56. The number of hydrogen-bond donors (Lipinski definition) is 3. The van der Waals surface area contributed by atoms with E-state index in [1.807, 2.05) is 0 Å². The lowest BCUT2D eigenvalue weighted by molar-refractivity contribution is -0.143. The molecule has 1 aliphatic heterocycles. The van der Waals surface area contributed by atoms with Crippen molar-refractivity contribution in [3.63, 3.8) is 0 Å². The van der Waals surface area contributed by atoms with Crippen LogP contribution in [-0.4, -0.2) is 60.0 Å². The molecule has 1 unspecified atom stereocenters. The zero-order chi connectivity index (χ0) is 24.8. The molecule has 1 amide bonds. The molecular formula is C24H20N8O4. The van der Waals surface area contributed by atoms with Crippen LogP contribution in [0.2, 0.25) is 0 Å². The van der Waals surface area contributed by atoms with Crippen LogP contribution in [0, 0.1) is 0 Å². The van der Waals surface area contributed by atoms with Crippen LogP contribution in [0.15, 0.2) is 66.0 Å². The highest BCUT2D eigenvalue weighted by Crippen LogP contribution is 2.27. The second-order valence-corrected chi connectivity index (χ2v) is 8.26. The van der Waals surface area contributed by atoms with Crippen LogP contribution in [0.25, 0.3) is 27.4 Å². The van der Waals surface area contributed by atoms with Gasteiger partial charge in [-0.15, -0.1) is 5.10 Å². The number of morpholine rings is 1. The Morgan fingerprint density at radius 3 is 2.75 bits per heavy atom. The summed E-state index contributed by atoms with van der Waals surface area (Å²) in [6.45, 7) is 0.433. The first kappa shape index (κ1) is 21.8. The highest BCUT2D eigenvalue weighted by molar-refractivity contribution is 6.08. The van der Waals surface area contributed by atoms with Crippen molar-refractivity contribution >= 4 is 39.2 Å². The molecule has 6 rings (SSSR count). The number of aliphatic hydroxyl groups excluding tert-OH is 1. The van der Waals surface area contributed by atoms with Gasteiger partial charge in [0.1, 0.15) is 17.7 Å². The zero-order valence-corrected chi connectivity index (χ0v) is 18.8. The number of aliphatic hydroxyl groups is 1. The van der Waals surface area contributed by atoms with Crippen LogP contribution in [-0.2, 0) is 9.53 Å². The number of ether oxygens (including phenoxy) is 1. The number of nitrogens with two attached hydrogens (primary N) is 1. The van der Waals surface area contributed by atoms with E-state index in [9.17, 15) is 14.7 Å². The number of benzene rings is 1. The Labute approximate surface area is 203 Å². The molecule has 0 saturated carbocycles. The van der Waals surface area contributed by atoms with Gasteiger partial charge < -0.3 is 20.6 Å². The Bertz CT molecular complexity index is 1670. The molecule has 5 aromatic rings. The van der Waals surface area contributed by atoms with Gasteiger partial charge in [-0.05, 0) is 30.3 Å². The molecular weight excluding hydrogens is 464 g/mol. The normalized spacial score (nSPS) is 17.1. The highest BCUT2D eigenvalue weighted by atomic mass is 16.5. The predicted molar refractivity (Wildman–Crippen MR) is 130 cm³/mol. The van der Waals surface area contributed by atoms with E-state index in [0.717, 1.165) is 5.69 Å². The van der Waals surface area contributed by atoms with Gasteiger partial charge >= 0.3 is 0 Å². The fourth-order valence-corrected chi connectivity index (χ4v) is 4.39. The summed E-state index contributed by atoms with van der Waals surface area (Å²) in [5, 5.41) is 17.1. The maximum absolute atomic E-state index is 13.3. The first-order valence-electron chi connectivity index (χ1n) is 11.2. The number of H-pyrrole nitrogens is 1. The molecule has 36 heavy (non-hydrogen) atoms. The van der Waals surface area contributed by atoms with E-state index < -0.39 is 23.7 Å². The molecule has 0 radical (unpaired) electrons. The topological polar surface area (TPSA) is 165 Å². The lowest BCUT2D eigenvalue weighted by Gasteiger charge is -2.32. The number of nitrogens with zero attached hydrogens (tertiary/aromatic N) is 6. The van der Waals surface area contributed by atoms with Gasteiger partial charge in [0.05, 0.1) is 29.7 Å². The average Bonchev–Trinajstić information content (AvgIpc) is 3.39. The summed E-state index contributed by atoms with van der Waals surface area (Å²) in [7, 11) is 0. The van der Waals surface area contributed by atoms with E-state index in [2.05, 4.69) is 25.0 Å². The number of fused-ring (bicyclic) bond motifs is 3. The molecule has 12 nitrogen and oxygen atoms in total. The second-order valence-electron chi connectivity index (χ2n) is 8.26. The first-order chi connectivity index (χ1) is 17.5. The molecule has 1 aromatic carbocycles. The molecule has 0 bridgehead atoms. The third-order valence-electron chi connectivity index (χ3n) is 6.14. The molecule has 1 aliphatic rings. The maximum Gasteiger partial charge on any atom is 0.281 e. The first-order valence-corrected chi connectivity index (χ1v) is 11.2. The molecule has 4 aromatic heterocycles. The molecule has 5 heterocycles. The van der Waals surface area contributed by atoms with E-state index >= 15 is 0 Å². The predicted octanol–water partition coefficient (Wildman–Crippen LogP) is 1.10. The van der Waals surface area contributed by atoms with Gasteiger partial charge in [-0.2, -0.15) is 4.98 Å². The number of nitrogen functional groups attached to an aromatic ring is 1. The SMILES string of the molecule is Nc1nccc2c1ccc1[nH]c(C(O)[C@H]3OCCN(c4ccn(-c5ccncc5)n4)C3=O)nc(=O)c12. The van der Waals surface area contributed by atoms with Crippen LogP contribution >= 0.6 is 0 Å². The summed E-state index contributed by atoms with van der Waals surface area (Å²) in [6, 6.07) is 10.4. The van der Waals surface area contributed by atoms with Gasteiger partial charge in [-0.3, -0.25) is 19.5 Å². The number of rotatable bonds is 4. The van der Waals surface area contributed by atoms with Gasteiger partial charge in [0.25, 0.3) is 11.5 Å². The summed E-state index contributed by atoms with van der Waals surface area (Å²) in [5.74, 6) is 0.144. The van der Waals surface area contributed by atoms with Crippen molar-refractivity contribution in [2.24, 2.45) is 0 Å². The molecule has 180 valence electrons. The summed E-state index contributed by atoms with van der Waals surface area (Å²) in [6.07, 6.45) is 3.76. The van der Waals surface area contributed by atoms with Crippen LogP contribution < -0.4 is 16.2 Å². The van der Waals surface area contributed by atoms with E-state index in [1.54, 1.807) is 59.7 Å². The monoisotopic (exact) mass is 484 g/mol. The molecule has 2 atom stereocenters. The van der Waals surface area contributed by atoms with Crippen LogP contribution in [0.5, 0.6) is 0 Å². The van der Waals surface area contributed by atoms with Gasteiger partial charge in [-0.1, -0.05) is 0 Å². The fourth-order valence-electron chi connectivity index (χ4n) is 4.39. The van der Waals surface area contributed by atoms with E-state index in [0.29, 0.717) is 33.3 Å². The number of nitrogens with one attached hydrogen (secondary N) is 1. The van der Waals surface area contributed by atoms with Crippen molar-refractivity contribution in [2.45, 2.75) is 12.2 Å². The number of hydrogen-bond acceptors (Lipinski definition) is 9. The smallest absolute Gasteiger partial charge is 0.281 e. The van der Waals surface area contributed by atoms with Crippen molar-refractivity contribution in [3.05, 3.63) is 77.4 Å². The second kappa shape index (κ2) is 8.52. The van der Waals surface area contributed by atoms with E-state index in [4.69, 9.17) is 10.5 Å². The van der Waals surface area contributed by atoms with E-state index in [1.165, 1.54) is 11.1 Å². The molecule has 1 fully saturated rings. The van der Waals surface area contributed by atoms with E-state index in [-0.39, 0.29) is 19.0 Å². The van der Waals surface area contributed by atoms with Gasteiger partial charge in [0.2, 0.25) is 0 Å². The van der Waals surface area contributed by atoms with Crippen LogP contribution in [0.1, 0.15) is 11.9 Å². The third-order valence-corrected chi connectivity index (χ3v) is 6.14. The number of anilines is 2. The number of carbonyl (C=O) groups excluding carboxylic acids is 1. The van der Waals surface area contributed by atoms with Crippen molar-refractivity contribution in [1.82, 2.24) is 29.7 Å². The molecule has 0 aliphatic carbocycles.